The molecular weight excluding hydrogens is 659 g/mol. The van der Waals surface area contributed by atoms with E-state index < -0.39 is 28.8 Å². The molecule has 2 aromatic carbocycles. The van der Waals surface area contributed by atoms with Gasteiger partial charge in [-0.05, 0) is 61.3 Å². The van der Waals surface area contributed by atoms with Crippen LogP contribution in [0.25, 0.3) is 11.1 Å². The molecule has 0 saturated carbocycles. The normalized spacial score (nSPS) is 16.0. The topological polar surface area (TPSA) is 118 Å². The number of aromatic nitrogens is 1. The van der Waals surface area contributed by atoms with Crippen LogP contribution < -0.4 is 21.5 Å². The summed E-state index contributed by atoms with van der Waals surface area (Å²) in [7, 11) is 2.03. The Labute approximate surface area is 297 Å². The Hall–Kier alpha value is -4.20. The van der Waals surface area contributed by atoms with Crippen molar-refractivity contribution in [2.24, 2.45) is 5.73 Å². The lowest BCUT2D eigenvalue weighted by Crippen LogP contribution is -2.48. The molecular formula is C38H50F3N7O3. The van der Waals surface area contributed by atoms with Gasteiger partial charge in [-0.2, -0.15) is 13.2 Å². The van der Waals surface area contributed by atoms with Gasteiger partial charge in [-0.3, -0.25) is 19.3 Å². The Morgan fingerprint density at radius 3 is 2.24 bits per heavy atom. The van der Waals surface area contributed by atoms with Gasteiger partial charge in [0.15, 0.2) is 0 Å². The second kappa shape index (κ2) is 17.8. The van der Waals surface area contributed by atoms with Crippen molar-refractivity contribution in [3.05, 3.63) is 81.8 Å². The molecule has 2 fully saturated rings. The van der Waals surface area contributed by atoms with Gasteiger partial charge in [0.1, 0.15) is 0 Å². The van der Waals surface area contributed by atoms with Crippen LogP contribution in [0.4, 0.5) is 24.5 Å². The molecule has 10 nitrogen and oxygen atoms in total. The number of hydrogen-bond donors (Lipinski definition) is 3. The molecule has 0 radical (unpaired) electrons. The molecule has 3 heterocycles. The van der Waals surface area contributed by atoms with Crippen molar-refractivity contribution in [1.82, 2.24) is 19.7 Å². The van der Waals surface area contributed by atoms with Gasteiger partial charge < -0.3 is 30.7 Å². The Kier molecular flexibility index (Phi) is 13.3. The quantitative estimate of drug-likeness (QED) is 0.192. The van der Waals surface area contributed by atoms with Crippen molar-refractivity contribution < 1.29 is 22.8 Å². The molecule has 13 heteroatoms. The van der Waals surface area contributed by atoms with Gasteiger partial charge in [0.05, 0.1) is 22.5 Å². The third-order valence-electron chi connectivity index (χ3n) is 9.80. The van der Waals surface area contributed by atoms with Crippen LogP contribution in [0.1, 0.15) is 66.4 Å². The third kappa shape index (κ3) is 10.7. The number of aromatic amines is 1. The Balaban J connectivity index is 1.26. The summed E-state index contributed by atoms with van der Waals surface area (Å²) in [6.45, 7) is 7.42. The molecule has 2 aliphatic rings. The van der Waals surface area contributed by atoms with E-state index >= 15 is 0 Å². The van der Waals surface area contributed by atoms with Gasteiger partial charge in [0.25, 0.3) is 5.91 Å². The van der Waals surface area contributed by atoms with Crippen molar-refractivity contribution in [1.29, 1.82) is 0 Å². The van der Waals surface area contributed by atoms with Crippen molar-refractivity contribution in [2.45, 2.75) is 57.7 Å². The Morgan fingerprint density at radius 1 is 0.843 bits per heavy atom. The highest BCUT2D eigenvalue weighted by Gasteiger charge is 2.36. The number of carbonyl (C=O) groups is 2. The first-order valence-electron chi connectivity index (χ1n) is 18.0. The van der Waals surface area contributed by atoms with Crippen LogP contribution >= 0.6 is 0 Å². The first-order valence-corrected chi connectivity index (χ1v) is 18.0. The van der Waals surface area contributed by atoms with E-state index in [-0.39, 0.29) is 5.91 Å². The maximum absolute atomic E-state index is 13.8. The van der Waals surface area contributed by atoms with Crippen LogP contribution in [0.2, 0.25) is 0 Å². The second-order valence-electron chi connectivity index (χ2n) is 13.6. The number of halogens is 3. The number of pyridine rings is 1. The maximum Gasteiger partial charge on any atom is 0.417 e. The van der Waals surface area contributed by atoms with E-state index in [0.29, 0.717) is 56.6 Å². The number of nitrogens with zero attached hydrogens (tertiary/aromatic N) is 4. The molecule has 2 amide bonds. The summed E-state index contributed by atoms with van der Waals surface area (Å²) in [5.41, 5.74) is 6.58. The average molecular weight is 710 g/mol. The summed E-state index contributed by atoms with van der Waals surface area (Å²) in [6, 6.07) is 14.2. The van der Waals surface area contributed by atoms with Crippen molar-refractivity contribution >= 4 is 23.2 Å². The standard InChI is InChI=1S/C38H50F3N7O3/c1-45-15-19-47(20-16-45)34-13-12-30(24-33(34)44-37(51)31-26-43-35(49)25-32(31)38(39,40)41)29-10-8-9-28(23-29)27-46-17-21-48(22-18-46)36(50)11-6-4-2-3-5-7-14-42/h8-10,12-13,23-26H,2-7,11,14-22,27,42H2,1H3,(H,43,49)(H,44,51). The molecule has 0 aliphatic carbocycles. The van der Waals surface area contributed by atoms with Crippen molar-refractivity contribution in [3.8, 4) is 11.1 Å². The smallest absolute Gasteiger partial charge is 0.367 e. The lowest BCUT2D eigenvalue weighted by molar-refractivity contribution is -0.138. The Morgan fingerprint density at radius 2 is 1.53 bits per heavy atom. The molecule has 51 heavy (non-hydrogen) atoms. The predicted molar refractivity (Wildman–Crippen MR) is 195 cm³/mol. The number of H-pyrrole nitrogens is 1. The van der Waals surface area contributed by atoms with Gasteiger partial charge in [-0.1, -0.05) is 49.9 Å². The van der Waals surface area contributed by atoms with Crippen LogP contribution in [0.15, 0.2) is 59.5 Å². The van der Waals surface area contributed by atoms with E-state index in [0.717, 1.165) is 87.7 Å². The number of anilines is 2. The van der Waals surface area contributed by atoms with Gasteiger partial charge in [-0.15, -0.1) is 0 Å². The molecule has 1 aromatic heterocycles. The van der Waals surface area contributed by atoms with Crippen molar-refractivity contribution in [3.63, 3.8) is 0 Å². The summed E-state index contributed by atoms with van der Waals surface area (Å²) >= 11 is 0. The van der Waals surface area contributed by atoms with Crippen molar-refractivity contribution in [2.75, 3.05) is 76.2 Å². The number of piperazine rings is 2. The van der Waals surface area contributed by atoms with E-state index in [2.05, 4.69) is 37.1 Å². The summed E-state index contributed by atoms with van der Waals surface area (Å²) in [6.07, 6.45) is 3.09. The third-order valence-corrected chi connectivity index (χ3v) is 9.80. The van der Waals surface area contributed by atoms with Crippen LogP contribution in [-0.4, -0.2) is 97.4 Å². The SMILES string of the molecule is CN1CCN(c2ccc(-c3cccc(CN4CCN(C(=O)CCCCCCCCN)CC4)c3)cc2NC(=O)c2c[nH]c(=O)cc2C(F)(F)F)CC1. The minimum absolute atomic E-state index is 0.233. The van der Waals surface area contributed by atoms with E-state index in [9.17, 15) is 27.6 Å². The molecule has 4 N–H and O–H groups in total. The molecule has 2 saturated heterocycles. The molecule has 0 unspecified atom stereocenters. The zero-order valence-electron chi connectivity index (χ0n) is 29.4. The molecule has 276 valence electrons. The average Bonchev–Trinajstić information content (AvgIpc) is 3.11. The number of benzene rings is 2. The molecule has 3 aromatic rings. The highest BCUT2D eigenvalue weighted by atomic mass is 19.4. The van der Waals surface area contributed by atoms with Gasteiger partial charge in [-0.25, -0.2) is 0 Å². The number of hydrogen-bond acceptors (Lipinski definition) is 7. The molecule has 0 atom stereocenters. The van der Waals surface area contributed by atoms with Crippen LogP contribution in [-0.2, 0) is 17.5 Å². The number of alkyl halides is 3. The van der Waals surface area contributed by atoms with Crippen LogP contribution in [0.5, 0.6) is 0 Å². The maximum atomic E-state index is 13.8. The minimum atomic E-state index is -4.88. The first-order chi connectivity index (χ1) is 24.5. The lowest BCUT2D eigenvalue weighted by Gasteiger charge is -2.35. The van der Waals surface area contributed by atoms with E-state index in [1.165, 1.54) is 6.42 Å². The Bertz CT molecular complexity index is 1680. The number of nitrogens with two attached hydrogens (primary N) is 1. The minimum Gasteiger partial charge on any atom is -0.367 e. The monoisotopic (exact) mass is 709 g/mol. The van der Waals surface area contributed by atoms with Gasteiger partial charge in [0.2, 0.25) is 11.5 Å². The molecule has 2 aliphatic heterocycles. The molecule has 0 bridgehead atoms. The van der Waals surface area contributed by atoms with E-state index in [1.54, 1.807) is 6.07 Å². The lowest BCUT2D eigenvalue weighted by atomic mass is 10.0. The summed E-state index contributed by atoms with van der Waals surface area (Å²) in [5, 5.41) is 2.74. The largest absolute Gasteiger partial charge is 0.417 e. The van der Waals surface area contributed by atoms with Crippen LogP contribution in [0, 0.1) is 0 Å². The summed E-state index contributed by atoms with van der Waals surface area (Å²) in [5.74, 6) is -0.729. The highest BCUT2D eigenvalue weighted by molar-refractivity contribution is 6.07. The summed E-state index contributed by atoms with van der Waals surface area (Å²) < 4.78 is 41.4. The second-order valence-corrected chi connectivity index (χ2v) is 13.6. The number of carbonyl (C=O) groups excluding carboxylic acids is 2. The van der Waals surface area contributed by atoms with E-state index in [1.807, 2.05) is 36.2 Å². The predicted octanol–water partition coefficient (Wildman–Crippen LogP) is 5.40. The fraction of sp³-hybridized carbons (Fsp3) is 0.500. The summed E-state index contributed by atoms with van der Waals surface area (Å²) in [4.78, 5) is 48.7. The number of rotatable bonds is 14. The zero-order chi connectivity index (χ0) is 36.4. The molecule has 0 spiro atoms. The van der Waals surface area contributed by atoms with Gasteiger partial charge >= 0.3 is 6.18 Å². The molecule has 5 rings (SSSR count). The number of nitrogens with one attached hydrogen (secondary N) is 2. The van der Waals surface area contributed by atoms with Gasteiger partial charge in [0, 0.05) is 77.6 Å². The fourth-order valence-electron chi connectivity index (χ4n) is 6.77. The first kappa shape index (κ1) is 38.0. The number of likely N-dealkylation sites (N-methyl/N-ethyl adjacent to an activating group) is 1. The fourth-order valence-corrected chi connectivity index (χ4v) is 6.77. The number of unbranched alkanes of at least 4 members (excludes halogenated alkanes) is 5. The highest BCUT2D eigenvalue weighted by Crippen LogP contribution is 2.35. The van der Waals surface area contributed by atoms with Crippen LogP contribution in [0.3, 0.4) is 0 Å². The number of amides is 2. The van der Waals surface area contributed by atoms with E-state index in [4.69, 9.17) is 5.73 Å². The zero-order valence-corrected chi connectivity index (χ0v) is 29.4.